The Hall–Kier alpha value is -2.92. The van der Waals surface area contributed by atoms with Crippen molar-refractivity contribution in [2.75, 3.05) is 13.1 Å². The van der Waals surface area contributed by atoms with Crippen molar-refractivity contribution in [2.45, 2.75) is 46.3 Å². The van der Waals surface area contributed by atoms with Crippen LogP contribution in [0.3, 0.4) is 0 Å². The number of carbonyl (C=O) groups excluding carboxylic acids is 1. The first-order valence-corrected chi connectivity index (χ1v) is 10.7. The van der Waals surface area contributed by atoms with Crippen LogP contribution in [-0.4, -0.2) is 39.7 Å². The summed E-state index contributed by atoms with van der Waals surface area (Å²) in [7, 11) is 0. The molecule has 1 saturated heterocycles. The van der Waals surface area contributed by atoms with Crippen molar-refractivity contribution in [3.05, 3.63) is 88.2 Å². The largest absolute Gasteiger partial charge is 0.348 e. The summed E-state index contributed by atoms with van der Waals surface area (Å²) in [6.45, 7) is 9.48. The van der Waals surface area contributed by atoms with Crippen LogP contribution in [0.5, 0.6) is 0 Å². The van der Waals surface area contributed by atoms with Gasteiger partial charge in [-0.25, -0.2) is 0 Å². The monoisotopic (exact) mass is 402 g/mol. The fraction of sp³-hybridized carbons (Fsp3) is 0.360. The van der Waals surface area contributed by atoms with Gasteiger partial charge in [-0.1, -0.05) is 60.2 Å². The quantitative estimate of drug-likeness (QED) is 0.681. The second-order valence-electron chi connectivity index (χ2n) is 8.37. The summed E-state index contributed by atoms with van der Waals surface area (Å²) in [5, 5.41) is 7.88. The van der Waals surface area contributed by atoms with E-state index >= 15 is 0 Å². The Balaban J connectivity index is 1.39. The van der Waals surface area contributed by atoms with Crippen LogP contribution in [-0.2, 0) is 13.1 Å². The summed E-state index contributed by atoms with van der Waals surface area (Å²) in [5.41, 5.74) is 6.16. The fourth-order valence-electron chi connectivity index (χ4n) is 4.24. The molecule has 0 spiro atoms. The highest BCUT2D eigenvalue weighted by Gasteiger charge is 2.26. The topological polar surface area (TPSA) is 50.2 Å². The molecule has 1 atom stereocenters. The number of hydrogen-bond donors (Lipinski definition) is 1. The van der Waals surface area contributed by atoms with E-state index in [9.17, 15) is 4.79 Å². The fourth-order valence-corrected chi connectivity index (χ4v) is 4.24. The van der Waals surface area contributed by atoms with E-state index in [-0.39, 0.29) is 11.9 Å². The summed E-state index contributed by atoms with van der Waals surface area (Å²) in [6.07, 6.45) is 0.980. The Morgan fingerprint density at radius 1 is 1.00 bits per heavy atom. The highest BCUT2D eigenvalue weighted by atomic mass is 16.1. The molecule has 2 heterocycles. The van der Waals surface area contributed by atoms with Crippen LogP contribution < -0.4 is 5.32 Å². The highest BCUT2D eigenvalue weighted by Crippen LogP contribution is 2.18. The lowest BCUT2D eigenvalue weighted by atomic mass is 10.1. The van der Waals surface area contributed by atoms with Gasteiger partial charge < -0.3 is 5.32 Å². The van der Waals surface area contributed by atoms with Gasteiger partial charge in [0.25, 0.3) is 5.91 Å². The van der Waals surface area contributed by atoms with E-state index in [1.165, 1.54) is 16.7 Å². The number of hydrogen-bond acceptors (Lipinski definition) is 3. The zero-order valence-electron chi connectivity index (χ0n) is 18.1. The molecule has 1 aliphatic rings. The number of carbonyl (C=O) groups is 1. The van der Waals surface area contributed by atoms with Crippen molar-refractivity contribution in [2.24, 2.45) is 0 Å². The van der Waals surface area contributed by atoms with Crippen molar-refractivity contribution in [1.29, 1.82) is 0 Å². The molecule has 0 unspecified atom stereocenters. The van der Waals surface area contributed by atoms with Gasteiger partial charge in [0.05, 0.1) is 17.8 Å². The predicted molar refractivity (Wildman–Crippen MR) is 120 cm³/mol. The number of nitrogens with zero attached hydrogens (tertiary/aromatic N) is 3. The first-order chi connectivity index (χ1) is 14.5. The molecule has 1 N–H and O–H groups in total. The lowest BCUT2D eigenvalue weighted by Gasteiger charge is -2.17. The maximum absolute atomic E-state index is 13.0. The van der Waals surface area contributed by atoms with E-state index in [1.807, 2.05) is 24.6 Å². The zero-order valence-corrected chi connectivity index (χ0v) is 18.1. The molecule has 1 amide bonds. The van der Waals surface area contributed by atoms with Crippen LogP contribution in [0.4, 0.5) is 0 Å². The lowest BCUT2D eigenvalue weighted by molar-refractivity contribution is 0.0936. The second-order valence-corrected chi connectivity index (χ2v) is 8.37. The molecule has 1 aromatic heterocycles. The van der Waals surface area contributed by atoms with E-state index in [2.05, 4.69) is 70.8 Å². The smallest absolute Gasteiger partial charge is 0.255 e. The minimum atomic E-state index is -0.00767. The van der Waals surface area contributed by atoms with Crippen molar-refractivity contribution in [3.8, 4) is 0 Å². The average molecular weight is 403 g/mol. The standard InChI is InChI=1S/C25H30N4O/c1-18-9-11-22(12-10-18)16-29-20(3)24(19(2)27-29)25(30)26-23-13-14-28(17-23)15-21-7-5-4-6-8-21/h4-12,23H,13-17H2,1-3H3,(H,26,30)/t23-/m1/s1. The van der Waals surface area contributed by atoms with Gasteiger partial charge in [0, 0.05) is 31.4 Å². The van der Waals surface area contributed by atoms with Crippen molar-refractivity contribution < 1.29 is 4.79 Å². The third-order valence-electron chi connectivity index (χ3n) is 5.92. The molecule has 156 valence electrons. The molecule has 0 saturated carbocycles. The van der Waals surface area contributed by atoms with Gasteiger partial charge in [0.15, 0.2) is 0 Å². The van der Waals surface area contributed by atoms with Crippen LogP contribution in [0.15, 0.2) is 54.6 Å². The molecule has 0 bridgehead atoms. The summed E-state index contributed by atoms with van der Waals surface area (Å²) < 4.78 is 1.94. The van der Waals surface area contributed by atoms with Crippen LogP contribution in [0.2, 0.25) is 0 Å². The average Bonchev–Trinajstić information content (AvgIpc) is 3.27. The summed E-state index contributed by atoms with van der Waals surface area (Å²) in [5.74, 6) is -0.00767. The van der Waals surface area contributed by atoms with Gasteiger partial charge in [0.1, 0.15) is 0 Å². The number of rotatable bonds is 6. The maximum atomic E-state index is 13.0. The molecule has 30 heavy (non-hydrogen) atoms. The minimum Gasteiger partial charge on any atom is -0.348 e. The summed E-state index contributed by atoms with van der Waals surface area (Å²) >= 11 is 0. The molecule has 4 rings (SSSR count). The van der Waals surface area contributed by atoms with E-state index in [0.717, 1.165) is 37.4 Å². The second kappa shape index (κ2) is 8.84. The molecule has 5 nitrogen and oxygen atoms in total. The normalized spacial score (nSPS) is 16.7. The number of amides is 1. The summed E-state index contributed by atoms with van der Waals surface area (Å²) in [4.78, 5) is 15.4. The third-order valence-corrected chi connectivity index (χ3v) is 5.92. The van der Waals surface area contributed by atoms with Gasteiger partial charge in [-0.2, -0.15) is 5.10 Å². The number of benzene rings is 2. The van der Waals surface area contributed by atoms with Gasteiger partial charge in [0.2, 0.25) is 0 Å². The Kier molecular flexibility index (Phi) is 6.00. The van der Waals surface area contributed by atoms with E-state index in [4.69, 9.17) is 0 Å². The van der Waals surface area contributed by atoms with Gasteiger partial charge in [-0.3, -0.25) is 14.4 Å². The molecule has 3 aromatic rings. The van der Waals surface area contributed by atoms with Gasteiger partial charge in [-0.05, 0) is 38.3 Å². The van der Waals surface area contributed by atoms with E-state index in [0.29, 0.717) is 12.1 Å². The highest BCUT2D eigenvalue weighted by molar-refractivity contribution is 5.96. The Morgan fingerprint density at radius 2 is 1.70 bits per heavy atom. The van der Waals surface area contributed by atoms with Crippen LogP contribution in [0, 0.1) is 20.8 Å². The molecule has 2 aromatic carbocycles. The number of likely N-dealkylation sites (tertiary alicyclic amines) is 1. The molecule has 1 fully saturated rings. The maximum Gasteiger partial charge on any atom is 0.255 e. The van der Waals surface area contributed by atoms with E-state index in [1.54, 1.807) is 0 Å². The zero-order chi connectivity index (χ0) is 21.1. The van der Waals surface area contributed by atoms with Crippen LogP contribution >= 0.6 is 0 Å². The van der Waals surface area contributed by atoms with Gasteiger partial charge in [-0.15, -0.1) is 0 Å². The first-order valence-electron chi connectivity index (χ1n) is 10.7. The minimum absolute atomic E-state index is 0.00767. The summed E-state index contributed by atoms with van der Waals surface area (Å²) in [6, 6.07) is 19.1. The molecular formula is C25H30N4O. The van der Waals surface area contributed by atoms with Crippen LogP contribution in [0.25, 0.3) is 0 Å². The SMILES string of the molecule is Cc1ccc(Cn2nc(C)c(C(=O)N[C@@H]3CCN(Cc4ccccc4)C3)c2C)cc1. The van der Waals surface area contributed by atoms with Crippen molar-refractivity contribution in [1.82, 2.24) is 20.0 Å². The lowest BCUT2D eigenvalue weighted by Crippen LogP contribution is -2.37. The Labute approximate surface area is 178 Å². The number of nitrogens with one attached hydrogen (secondary N) is 1. The third kappa shape index (κ3) is 4.62. The van der Waals surface area contributed by atoms with Crippen molar-refractivity contribution in [3.63, 3.8) is 0 Å². The van der Waals surface area contributed by atoms with Gasteiger partial charge >= 0.3 is 0 Å². The van der Waals surface area contributed by atoms with E-state index < -0.39 is 0 Å². The molecular weight excluding hydrogens is 372 g/mol. The Morgan fingerprint density at radius 3 is 2.43 bits per heavy atom. The number of aromatic nitrogens is 2. The molecule has 5 heteroatoms. The first kappa shape index (κ1) is 20.4. The molecule has 0 aliphatic carbocycles. The van der Waals surface area contributed by atoms with Crippen LogP contribution in [0.1, 0.15) is 44.9 Å². The number of aryl methyl sites for hydroxylation is 2. The molecule has 1 aliphatic heterocycles. The Bertz CT molecular complexity index is 1010. The van der Waals surface area contributed by atoms with Crippen molar-refractivity contribution >= 4 is 5.91 Å². The molecule has 0 radical (unpaired) electrons. The predicted octanol–water partition coefficient (Wildman–Crippen LogP) is 3.86.